The summed E-state index contributed by atoms with van der Waals surface area (Å²) in [6.07, 6.45) is 4.12. The van der Waals surface area contributed by atoms with Crippen molar-refractivity contribution in [1.82, 2.24) is 15.1 Å². The van der Waals surface area contributed by atoms with Gasteiger partial charge in [-0.15, -0.1) is 0 Å². The molecule has 2 aliphatic heterocycles. The third kappa shape index (κ3) is 2.76. The quantitative estimate of drug-likeness (QED) is 0.757. The van der Waals surface area contributed by atoms with Gasteiger partial charge in [0.05, 0.1) is 0 Å². The van der Waals surface area contributed by atoms with Crippen LogP contribution in [0.4, 0.5) is 0 Å². The van der Waals surface area contributed by atoms with Gasteiger partial charge in [-0.05, 0) is 32.4 Å². The SMILES string of the molecule is CCNCC(CC)N1CCN2CCCC2C1. The van der Waals surface area contributed by atoms with Gasteiger partial charge < -0.3 is 5.32 Å². The Bertz CT molecular complexity index is 207. The molecule has 2 unspecified atom stereocenters. The van der Waals surface area contributed by atoms with E-state index in [0.29, 0.717) is 0 Å². The Labute approximate surface area is 100 Å². The Morgan fingerprint density at radius 2 is 2.12 bits per heavy atom. The molecule has 0 saturated carbocycles. The number of likely N-dealkylation sites (N-methyl/N-ethyl adjacent to an activating group) is 1. The fourth-order valence-electron chi connectivity index (χ4n) is 3.19. The van der Waals surface area contributed by atoms with Gasteiger partial charge in [0.2, 0.25) is 0 Å². The first-order valence-electron chi connectivity index (χ1n) is 7.04. The van der Waals surface area contributed by atoms with Gasteiger partial charge in [0.15, 0.2) is 0 Å². The topological polar surface area (TPSA) is 18.5 Å². The van der Waals surface area contributed by atoms with E-state index in [1.54, 1.807) is 0 Å². The van der Waals surface area contributed by atoms with E-state index in [2.05, 4.69) is 29.0 Å². The van der Waals surface area contributed by atoms with Gasteiger partial charge in [0, 0.05) is 38.3 Å². The van der Waals surface area contributed by atoms with Crippen LogP contribution in [0.3, 0.4) is 0 Å². The maximum absolute atomic E-state index is 3.50. The molecule has 2 atom stereocenters. The van der Waals surface area contributed by atoms with Crippen molar-refractivity contribution in [3.8, 4) is 0 Å². The maximum Gasteiger partial charge on any atom is 0.0224 e. The highest BCUT2D eigenvalue weighted by molar-refractivity contribution is 4.89. The summed E-state index contributed by atoms with van der Waals surface area (Å²) in [6.45, 7) is 12.0. The van der Waals surface area contributed by atoms with Gasteiger partial charge in [-0.1, -0.05) is 13.8 Å². The van der Waals surface area contributed by atoms with Crippen LogP contribution >= 0.6 is 0 Å². The van der Waals surface area contributed by atoms with Crippen LogP contribution in [0.2, 0.25) is 0 Å². The zero-order valence-corrected chi connectivity index (χ0v) is 10.9. The molecular weight excluding hydrogens is 198 g/mol. The number of hydrogen-bond donors (Lipinski definition) is 1. The van der Waals surface area contributed by atoms with E-state index in [-0.39, 0.29) is 0 Å². The van der Waals surface area contributed by atoms with Gasteiger partial charge in [-0.25, -0.2) is 0 Å². The number of fused-ring (bicyclic) bond motifs is 1. The fraction of sp³-hybridized carbons (Fsp3) is 1.00. The van der Waals surface area contributed by atoms with E-state index in [1.807, 2.05) is 0 Å². The molecule has 2 aliphatic rings. The van der Waals surface area contributed by atoms with Crippen molar-refractivity contribution >= 4 is 0 Å². The average Bonchev–Trinajstić information content (AvgIpc) is 2.77. The number of rotatable bonds is 5. The molecule has 2 saturated heterocycles. The van der Waals surface area contributed by atoms with E-state index in [9.17, 15) is 0 Å². The Balaban J connectivity index is 1.83. The zero-order chi connectivity index (χ0) is 11.4. The fourth-order valence-corrected chi connectivity index (χ4v) is 3.19. The minimum atomic E-state index is 0.752. The number of nitrogens with one attached hydrogen (secondary N) is 1. The van der Waals surface area contributed by atoms with Crippen molar-refractivity contribution in [2.45, 2.75) is 45.2 Å². The van der Waals surface area contributed by atoms with Gasteiger partial charge in [0.25, 0.3) is 0 Å². The highest BCUT2D eigenvalue weighted by atomic mass is 15.3. The lowest BCUT2D eigenvalue weighted by atomic mass is 10.1. The molecule has 0 bridgehead atoms. The summed E-state index contributed by atoms with van der Waals surface area (Å²) in [4.78, 5) is 5.41. The van der Waals surface area contributed by atoms with Crippen LogP contribution in [0.5, 0.6) is 0 Å². The highest BCUT2D eigenvalue weighted by Crippen LogP contribution is 2.23. The summed E-state index contributed by atoms with van der Waals surface area (Å²) in [5.41, 5.74) is 0. The third-order valence-electron chi connectivity index (χ3n) is 4.24. The van der Waals surface area contributed by atoms with E-state index in [4.69, 9.17) is 0 Å². The summed E-state index contributed by atoms with van der Waals surface area (Å²) in [5, 5.41) is 3.50. The van der Waals surface area contributed by atoms with Crippen molar-refractivity contribution in [2.24, 2.45) is 0 Å². The first kappa shape index (κ1) is 12.3. The average molecular weight is 225 g/mol. The Hall–Kier alpha value is -0.120. The smallest absolute Gasteiger partial charge is 0.0224 e. The van der Waals surface area contributed by atoms with Gasteiger partial charge in [-0.2, -0.15) is 0 Å². The third-order valence-corrected chi connectivity index (χ3v) is 4.24. The van der Waals surface area contributed by atoms with Gasteiger partial charge in [0.1, 0.15) is 0 Å². The molecule has 1 N–H and O–H groups in total. The monoisotopic (exact) mass is 225 g/mol. The standard InChI is InChI=1S/C13H27N3/c1-3-12(10-14-4-2)16-9-8-15-7-5-6-13(15)11-16/h12-14H,3-11H2,1-2H3. The van der Waals surface area contributed by atoms with Gasteiger partial charge in [-0.3, -0.25) is 9.80 Å². The molecule has 2 fully saturated rings. The number of nitrogens with zero attached hydrogens (tertiary/aromatic N) is 2. The maximum atomic E-state index is 3.50. The summed E-state index contributed by atoms with van der Waals surface area (Å²) in [5.74, 6) is 0. The minimum Gasteiger partial charge on any atom is -0.315 e. The molecule has 2 rings (SSSR count). The largest absolute Gasteiger partial charge is 0.315 e. The molecule has 16 heavy (non-hydrogen) atoms. The van der Waals surface area contributed by atoms with E-state index in [1.165, 1.54) is 52.0 Å². The van der Waals surface area contributed by atoms with Crippen molar-refractivity contribution in [2.75, 3.05) is 39.3 Å². The molecule has 0 aromatic heterocycles. The Morgan fingerprint density at radius 3 is 2.88 bits per heavy atom. The summed E-state index contributed by atoms with van der Waals surface area (Å²) < 4.78 is 0. The molecule has 3 nitrogen and oxygen atoms in total. The van der Waals surface area contributed by atoms with E-state index >= 15 is 0 Å². The van der Waals surface area contributed by atoms with Crippen LogP contribution < -0.4 is 5.32 Å². The Morgan fingerprint density at radius 1 is 1.25 bits per heavy atom. The second-order valence-corrected chi connectivity index (χ2v) is 5.20. The van der Waals surface area contributed by atoms with Crippen LogP contribution in [0, 0.1) is 0 Å². The number of hydrogen-bond acceptors (Lipinski definition) is 3. The lowest BCUT2D eigenvalue weighted by Gasteiger charge is -2.41. The highest BCUT2D eigenvalue weighted by Gasteiger charge is 2.32. The summed E-state index contributed by atoms with van der Waals surface area (Å²) in [7, 11) is 0. The van der Waals surface area contributed by atoms with Crippen molar-refractivity contribution < 1.29 is 0 Å². The second-order valence-electron chi connectivity index (χ2n) is 5.20. The lowest BCUT2D eigenvalue weighted by Crippen LogP contribution is -2.55. The first-order chi connectivity index (χ1) is 7.85. The minimum absolute atomic E-state index is 0.752. The van der Waals surface area contributed by atoms with Crippen molar-refractivity contribution in [3.05, 3.63) is 0 Å². The molecule has 2 heterocycles. The predicted molar refractivity (Wildman–Crippen MR) is 68.8 cm³/mol. The van der Waals surface area contributed by atoms with Crippen LogP contribution in [-0.4, -0.2) is 61.2 Å². The molecule has 0 radical (unpaired) electrons. The predicted octanol–water partition coefficient (Wildman–Crippen LogP) is 1.15. The first-order valence-corrected chi connectivity index (χ1v) is 7.04. The number of piperazine rings is 1. The Kier molecular flexibility index (Phi) is 4.62. The zero-order valence-electron chi connectivity index (χ0n) is 10.9. The molecule has 3 heteroatoms. The van der Waals surface area contributed by atoms with Gasteiger partial charge >= 0.3 is 0 Å². The van der Waals surface area contributed by atoms with Crippen LogP contribution in [0.1, 0.15) is 33.1 Å². The van der Waals surface area contributed by atoms with E-state index in [0.717, 1.165) is 18.6 Å². The molecule has 0 spiro atoms. The van der Waals surface area contributed by atoms with E-state index < -0.39 is 0 Å². The molecular formula is C13H27N3. The van der Waals surface area contributed by atoms with Crippen molar-refractivity contribution in [3.63, 3.8) is 0 Å². The van der Waals surface area contributed by atoms with Crippen LogP contribution in [-0.2, 0) is 0 Å². The lowest BCUT2D eigenvalue weighted by molar-refractivity contribution is 0.0697. The molecule has 0 amide bonds. The van der Waals surface area contributed by atoms with Crippen molar-refractivity contribution in [1.29, 1.82) is 0 Å². The second kappa shape index (κ2) is 5.99. The van der Waals surface area contributed by atoms with Crippen LogP contribution in [0.15, 0.2) is 0 Å². The molecule has 94 valence electrons. The summed E-state index contributed by atoms with van der Waals surface area (Å²) >= 11 is 0. The molecule has 0 aromatic rings. The normalized spacial score (nSPS) is 29.2. The summed E-state index contributed by atoms with van der Waals surface area (Å²) in [6, 6.07) is 1.62. The molecule has 0 aromatic carbocycles. The molecule has 0 aliphatic carbocycles. The van der Waals surface area contributed by atoms with Crippen LogP contribution in [0.25, 0.3) is 0 Å².